The summed E-state index contributed by atoms with van der Waals surface area (Å²) in [6.45, 7) is 1.11. The second-order valence-electron chi connectivity index (χ2n) is 3.94. The average Bonchev–Trinajstić information content (AvgIpc) is 2.85. The third-order valence-electron chi connectivity index (χ3n) is 2.62. The number of ether oxygens (including phenoxy) is 1. The summed E-state index contributed by atoms with van der Waals surface area (Å²) in [5, 5.41) is 4.11. The molecule has 0 fully saturated rings. The fourth-order valence-corrected chi connectivity index (χ4v) is 1.62. The van der Waals surface area contributed by atoms with Gasteiger partial charge in [-0.3, -0.25) is 18.8 Å². The van der Waals surface area contributed by atoms with Crippen LogP contribution >= 0.6 is 0 Å². The summed E-state index contributed by atoms with van der Waals surface area (Å²) in [7, 11) is 1.60. The van der Waals surface area contributed by atoms with E-state index in [1.165, 1.54) is 22.9 Å². The first-order valence-corrected chi connectivity index (χ1v) is 5.66. The summed E-state index contributed by atoms with van der Waals surface area (Å²) in [6, 6.07) is 2.70. The quantitative estimate of drug-likeness (QED) is 0.806. The van der Waals surface area contributed by atoms with E-state index in [9.17, 15) is 9.59 Å². The maximum atomic E-state index is 11.8. The smallest absolute Gasteiger partial charge is 0.255 e. The van der Waals surface area contributed by atoms with E-state index in [1.807, 2.05) is 0 Å². The Morgan fingerprint density at radius 2 is 2.21 bits per heavy atom. The molecule has 0 saturated heterocycles. The van der Waals surface area contributed by atoms with Crippen LogP contribution in [0.3, 0.4) is 0 Å². The van der Waals surface area contributed by atoms with E-state index in [0.29, 0.717) is 18.8 Å². The molecule has 2 rings (SSSR count). The molecule has 2 aromatic rings. The van der Waals surface area contributed by atoms with Gasteiger partial charge in [-0.05, 0) is 6.07 Å². The standard InChI is InChI=1S/C12H14N4O3/c1-19-5-4-15-8-10(6-14-15)16-7-9(12(13)18)2-3-11(16)17/h2-3,6-8H,4-5H2,1H3,(H2,13,18). The number of pyridine rings is 1. The van der Waals surface area contributed by atoms with Crippen LogP contribution in [0.15, 0.2) is 35.5 Å². The average molecular weight is 262 g/mol. The molecule has 1 amide bonds. The van der Waals surface area contributed by atoms with Crippen molar-refractivity contribution in [3.05, 3.63) is 46.6 Å². The van der Waals surface area contributed by atoms with Gasteiger partial charge in [-0.25, -0.2) is 0 Å². The fraction of sp³-hybridized carbons (Fsp3) is 0.250. The Labute approximate surface area is 109 Å². The van der Waals surface area contributed by atoms with E-state index < -0.39 is 5.91 Å². The first-order chi connectivity index (χ1) is 9.11. The number of hydrogen-bond donors (Lipinski definition) is 1. The van der Waals surface area contributed by atoms with Gasteiger partial charge in [0, 0.05) is 25.6 Å². The van der Waals surface area contributed by atoms with Crippen molar-refractivity contribution in [2.24, 2.45) is 5.73 Å². The van der Waals surface area contributed by atoms with Crippen molar-refractivity contribution in [3.8, 4) is 5.69 Å². The molecule has 7 heteroatoms. The summed E-state index contributed by atoms with van der Waals surface area (Å²) >= 11 is 0. The number of carbonyl (C=O) groups excluding carboxylic acids is 1. The SMILES string of the molecule is COCCn1cc(-n2cc(C(N)=O)ccc2=O)cn1. The van der Waals surface area contributed by atoms with Crippen LogP contribution in [-0.2, 0) is 11.3 Å². The summed E-state index contributed by atoms with van der Waals surface area (Å²) in [5.74, 6) is -0.583. The lowest BCUT2D eigenvalue weighted by molar-refractivity contribution is 0.0999. The minimum atomic E-state index is -0.583. The predicted octanol–water partition coefficient (Wildman–Crippen LogP) is -0.221. The number of nitrogens with zero attached hydrogens (tertiary/aromatic N) is 3. The molecule has 0 radical (unpaired) electrons. The molecule has 0 saturated carbocycles. The molecule has 0 bridgehead atoms. The maximum Gasteiger partial charge on any atom is 0.255 e. The molecular formula is C12H14N4O3. The zero-order valence-corrected chi connectivity index (χ0v) is 10.4. The molecule has 2 N–H and O–H groups in total. The zero-order chi connectivity index (χ0) is 13.8. The van der Waals surface area contributed by atoms with Gasteiger partial charge in [0.05, 0.1) is 30.6 Å². The van der Waals surface area contributed by atoms with Gasteiger partial charge in [0.1, 0.15) is 0 Å². The van der Waals surface area contributed by atoms with E-state index in [0.717, 1.165) is 0 Å². The van der Waals surface area contributed by atoms with E-state index in [2.05, 4.69) is 5.10 Å². The molecule has 0 aliphatic heterocycles. The second-order valence-corrected chi connectivity index (χ2v) is 3.94. The highest BCUT2D eigenvalue weighted by Gasteiger charge is 2.07. The van der Waals surface area contributed by atoms with Crippen LogP contribution in [0.25, 0.3) is 5.69 Å². The Balaban J connectivity index is 2.35. The minimum absolute atomic E-state index is 0.253. The molecule has 0 atom stereocenters. The lowest BCUT2D eigenvalue weighted by Crippen LogP contribution is -2.20. The molecule has 2 aromatic heterocycles. The van der Waals surface area contributed by atoms with E-state index >= 15 is 0 Å². The molecule has 0 spiro atoms. The van der Waals surface area contributed by atoms with Gasteiger partial charge in [0.2, 0.25) is 5.91 Å². The molecule has 100 valence electrons. The first kappa shape index (κ1) is 13.0. The van der Waals surface area contributed by atoms with Gasteiger partial charge in [0.25, 0.3) is 5.56 Å². The van der Waals surface area contributed by atoms with Crippen molar-refractivity contribution < 1.29 is 9.53 Å². The van der Waals surface area contributed by atoms with Gasteiger partial charge in [0.15, 0.2) is 0 Å². The Morgan fingerprint density at radius 3 is 2.89 bits per heavy atom. The molecule has 0 unspecified atom stereocenters. The van der Waals surface area contributed by atoms with Crippen LogP contribution < -0.4 is 11.3 Å². The van der Waals surface area contributed by atoms with Gasteiger partial charge in [-0.1, -0.05) is 0 Å². The first-order valence-electron chi connectivity index (χ1n) is 5.66. The molecule has 7 nitrogen and oxygen atoms in total. The number of amides is 1. The Bertz CT molecular complexity index is 644. The van der Waals surface area contributed by atoms with Crippen LogP contribution in [-0.4, -0.2) is 34.0 Å². The van der Waals surface area contributed by atoms with Crippen molar-refractivity contribution in [2.75, 3.05) is 13.7 Å². The van der Waals surface area contributed by atoms with Crippen molar-refractivity contribution in [3.63, 3.8) is 0 Å². The van der Waals surface area contributed by atoms with Crippen LogP contribution in [0.4, 0.5) is 0 Å². The summed E-state index contributed by atoms with van der Waals surface area (Å²) in [6.07, 6.45) is 4.65. The molecular weight excluding hydrogens is 248 g/mol. The number of rotatable bonds is 5. The largest absolute Gasteiger partial charge is 0.383 e. The highest BCUT2D eigenvalue weighted by molar-refractivity contribution is 5.92. The van der Waals surface area contributed by atoms with Gasteiger partial charge < -0.3 is 10.5 Å². The third kappa shape index (κ3) is 2.89. The highest BCUT2D eigenvalue weighted by Crippen LogP contribution is 2.05. The van der Waals surface area contributed by atoms with E-state index in [1.54, 1.807) is 24.2 Å². The maximum absolute atomic E-state index is 11.8. The number of primary amides is 1. The number of hydrogen-bond acceptors (Lipinski definition) is 4. The molecule has 2 heterocycles. The Hall–Kier alpha value is -2.41. The van der Waals surface area contributed by atoms with E-state index in [-0.39, 0.29) is 11.1 Å². The zero-order valence-electron chi connectivity index (χ0n) is 10.4. The molecule has 0 aliphatic rings. The van der Waals surface area contributed by atoms with Crippen molar-refractivity contribution in [1.29, 1.82) is 0 Å². The number of methoxy groups -OCH3 is 1. The summed E-state index contributed by atoms with van der Waals surface area (Å²) < 4.78 is 7.93. The fourth-order valence-electron chi connectivity index (χ4n) is 1.62. The van der Waals surface area contributed by atoms with Crippen molar-refractivity contribution in [1.82, 2.24) is 14.3 Å². The normalized spacial score (nSPS) is 10.6. The van der Waals surface area contributed by atoms with Gasteiger partial charge in [-0.2, -0.15) is 5.10 Å². The van der Waals surface area contributed by atoms with E-state index in [4.69, 9.17) is 10.5 Å². The third-order valence-corrected chi connectivity index (χ3v) is 2.62. The van der Waals surface area contributed by atoms with Crippen LogP contribution in [0.2, 0.25) is 0 Å². The molecule has 19 heavy (non-hydrogen) atoms. The highest BCUT2D eigenvalue weighted by atomic mass is 16.5. The molecule has 0 aliphatic carbocycles. The Kier molecular flexibility index (Phi) is 3.76. The molecule has 0 aromatic carbocycles. The summed E-state index contributed by atoms with van der Waals surface area (Å²) in [4.78, 5) is 22.9. The number of nitrogens with two attached hydrogens (primary N) is 1. The van der Waals surface area contributed by atoms with Crippen molar-refractivity contribution in [2.45, 2.75) is 6.54 Å². The van der Waals surface area contributed by atoms with Crippen molar-refractivity contribution >= 4 is 5.91 Å². The topological polar surface area (TPSA) is 92.1 Å². The second kappa shape index (κ2) is 5.49. The monoisotopic (exact) mass is 262 g/mol. The number of aromatic nitrogens is 3. The Morgan fingerprint density at radius 1 is 1.42 bits per heavy atom. The lowest BCUT2D eigenvalue weighted by Gasteiger charge is -2.03. The van der Waals surface area contributed by atoms with Crippen LogP contribution in [0.5, 0.6) is 0 Å². The minimum Gasteiger partial charge on any atom is -0.383 e. The summed E-state index contributed by atoms with van der Waals surface area (Å²) in [5.41, 5.74) is 5.78. The van der Waals surface area contributed by atoms with Crippen LogP contribution in [0, 0.1) is 0 Å². The van der Waals surface area contributed by atoms with Gasteiger partial charge in [-0.15, -0.1) is 0 Å². The van der Waals surface area contributed by atoms with Gasteiger partial charge >= 0.3 is 0 Å². The predicted molar refractivity (Wildman–Crippen MR) is 68.2 cm³/mol. The lowest BCUT2D eigenvalue weighted by atomic mass is 10.2. The number of carbonyl (C=O) groups is 1. The van der Waals surface area contributed by atoms with Crippen LogP contribution in [0.1, 0.15) is 10.4 Å².